The molecular formula is C22H28N2O2. The zero-order chi connectivity index (χ0) is 18.1. The van der Waals surface area contributed by atoms with Gasteiger partial charge in [-0.2, -0.15) is 0 Å². The summed E-state index contributed by atoms with van der Waals surface area (Å²) in [6.45, 7) is 7.94. The fraction of sp³-hybridized carbons (Fsp3) is 0.500. The van der Waals surface area contributed by atoms with Crippen LogP contribution in [0.4, 0.5) is 0 Å². The Morgan fingerprint density at radius 2 is 2.00 bits per heavy atom. The molecule has 2 saturated heterocycles. The van der Waals surface area contributed by atoms with E-state index in [-0.39, 0.29) is 11.3 Å². The van der Waals surface area contributed by atoms with Gasteiger partial charge in [0, 0.05) is 50.2 Å². The Morgan fingerprint density at radius 1 is 1.19 bits per heavy atom. The van der Waals surface area contributed by atoms with E-state index in [1.807, 2.05) is 24.3 Å². The standard InChI is InChI=1S/C22H28N2O2/c1-3-23-13-20(14-26-2)22(15-23)10-11-24(16-22)21(25)19-9-8-17-6-4-5-7-18(17)12-19/h4-9,12,20H,3,10-11,13-16H2,1-2H3/t20-,22+/m0/s1. The monoisotopic (exact) mass is 352 g/mol. The van der Waals surface area contributed by atoms with Crippen LogP contribution >= 0.6 is 0 Å². The summed E-state index contributed by atoms with van der Waals surface area (Å²) in [5.41, 5.74) is 0.993. The molecule has 0 aliphatic carbocycles. The van der Waals surface area contributed by atoms with Crippen molar-refractivity contribution in [3.63, 3.8) is 0 Å². The molecule has 4 nitrogen and oxygen atoms in total. The summed E-state index contributed by atoms with van der Waals surface area (Å²) >= 11 is 0. The zero-order valence-electron chi connectivity index (χ0n) is 15.8. The van der Waals surface area contributed by atoms with Crippen molar-refractivity contribution < 1.29 is 9.53 Å². The lowest BCUT2D eigenvalue weighted by atomic mass is 9.77. The normalized spacial score (nSPS) is 26.2. The van der Waals surface area contributed by atoms with Gasteiger partial charge >= 0.3 is 0 Å². The van der Waals surface area contributed by atoms with Crippen molar-refractivity contribution in [2.24, 2.45) is 11.3 Å². The minimum absolute atomic E-state index is 0.166. The van der Waals surface area contributed by atoms with Gasteiger partial charge in [-0.1, -0.05) is 37.3 Å². The lowest BCUT2D eigenvalue weighted by Crippen LogP contribution is -2.38. The van der Waals surface area contributed by atoms with E-state index in [4.69, 9.17) is 4.74 Å². The number of hydrogen-bond acceptors (Lipinski definition) is 3. The lowest BCUT2D eigenvalue weighted by Gasteiger charge is -2.30. The molecule has 2 fully saturated rings. The molecular weight excluding hydrogens is 324 g/mol. The first kappa shape index (κ1) is 17.5. The van der Waals surface area contributed by atoms with Crippen LogP contribution in [0.15, 0.2) is 42.5 Å². The zero-order valence-corrected chi connectivity index (χ0v) is 15.8. The third kappa shape index (κ3) is 3.01. The van der Waals surface area contributed by atoms with Gasteiger partial charge in [0.05, 0.1) is 6.61 Å². The first-order valence-electron chi connectivity index (χ1n) is 9.64. The molecule has 1 spiro atoms. The number of amides is 1. The largest absolute Gasteiger partial charge is 0.384 e. The molecule has 2 aromatic carbocycles. The van der Waals surface area contributed by atoms with Crippen LogP contribution < -0.4 is 0 Å². The minimum atomic E-state index is 0.166. The Labute approximate surface area is 155 Å². The van der Waals surface area contributed by atoms with Crippen LogP contribution in [0.5, 0.6) is 0 Å². The molecule has 2 aliphatic rings. The molecule has 2 aromatic rings. The Bertz CT molecular complexity index is 806. The number of fused-ring (bicyclic) bond motifs is 1. The Balaban J connectivity index is 1.54. The highest BCUT2D eigenvalue weighted by atomic mass is 16.5. The highest BCUT2D eigenvalue weighted by Gasteiger charge is 2.50. The summed E-state index contributed by atoms with van der Waals surface area (Å²) in [5, 5.41) is 2.30. The number of carbonyl (C=O) groups is 1. The van der Waals surface area contributed by atoms with E-state index in [0.29, 0.717) is 5.92 Å². The van der Waals surface area contributed by atoms with E-state index in [2.05, 4.69) is 34.9 Å². The number of nitrogens with zero attached hydrogens (tertiary/aromatic N) is 2. The van der Waals surface area contributed by atoms with E-state index < -0.39 is 0 Å². The second-order valence-electron chi connectivity index (χ2n) is 7.88. The SMILES string of the molecule is CCN1C[C@@H](COC)[C@]2(CCN(C(=O)c3ccc4ccccc4c3)C2)C1. The molecule has 2 heterocycles. The number of hydrogen-bond donors (Lipinski definition) is 0. The molecule has 0 saturated carbocycles. The van der Waals surface area contributed by atoms with Gasteiger partial charge in [0.25, 0.3) is 5.91 Å². The molecule has 2 atom stereocenters. The quantitative estimate of drug-likeness (QED) is 0.847. The number of ether oxygens (including phenoxy) is 1. The van der Waals surface area contributed by atoms with Crippen molar-refractivity contribution in [1.82, 2.24) is 9.80 Å². The third-order valence-corrected chi connectivity index (χ3v) is 6.37. The van der Waals surface area contributed by atoms with E-state index in [1.165, 1.54) is 5.39 Å². The van der Waals surface area contributed by atoms with E-state index in [0.717, 1.165) is 56.7 Å². The molecule has 0 unspecified atom stereocenters. The smallest absolute Gasteiger partial charge is 0.253 e. The van der Waals surface area contributed by atoms with E-state index in [9.17, 15) is 4.79 Å². The second-order valence-corrected chi connectivity index (χ2v) is 7.88. The average Bonchev–Trinajstić information content (AvgIpc) is 3.25. The van der Waals surface area contributed by atoms with Crippen LogP contribution in [0, 0.1) is 11.3 Å². The van der Waals surface area contributed by atoms with Crippen molar-refractivity contribution >= 4 is 16.7 Å². The molecule has 0 aromatic heterocycles. The third-order valence-electron chi connectivity index (χ3n) is 6.37. The number of likely N-dealkylation sites (tertiary alicyclic amines) is 2. The molecule has 1 amide bonds. The summed E-state index contributed by atoms with van der Waals surface area (Å²) in [4.78, 5) is 17.7. The highest BCUT2D eigenvalue weighted by molar-refractivity contribution is 5.98. The molecule has 26 heavy (non-hydrogen) atoms. The highest BCUT2D eigenvalue weighted by Crippen LogP contribution is 2.44. The predicted octanol–water partition coefficient (Wildman–Crippen LogP) is 3.27. The van der Waals surface area contributed by atoms with Crippen LogP contribution in [0.1, 0.15) is 23.7 Å². The summed E-state index contributed by atoms with van der Waals surface area (Å²) in [6.07, 6.45) is 1.08. The fourth-order valence-electron chi connectivity index (χ4n) is 4.85. The van der Waals surface area contributed by atoms with Gasteiger partial charge in [0.15, 0.2) is 0 Å². The first-order valence-corrected chi connectivity index (χ1v) is 9.64. The summed E-state index contributed by atoms with van der Waals surface area (Å²) in [5.74, 6) is 0.681. The maximum Gasteiger partial charge on any atom is 0.253 e. The number of methoxy groups -OCH3 is 1. The fourth-order valence-corrected chi connectivity index (χ4v) is 4.85. The van der Waals surface area contributed by atoms with Gasteiger partial charge in [-0.25, -0.2) is 0 Å². The second kappa shape index (κ2) is 7.01. The summed E-state index contributed by atoms with van der Waals surface area (Å²) < 4.78 is 5.50. The molecule has 0 radical (unpaired) electrons. The molecule has 0 N–H and O–H groups in total. The molecule has 0 bridgehead atoms. The molecule has 138 valence electrons. The van der Waals surface area contributed by atoms with E-state index >= 15 is 0 Å². The Hall–Kier alpha value is -1.91. The van der Waals surface area contributed by atoms with Crippen molar-refractivity contribution in [3.05, 3.63) is 48.0 Å². The molecule has 2 aliphatic heterocycles. The van der Waals surface area contributed by atoms with Crippen molar-refractivity contribution in [3.8, 4) is 0 Å². The first-order chi connectivity index (χ1) is 12.6. The predicted molar refractivity (Wildman–Crippen MR) is 104 cm³/mol. The van der Waals surface area contributed by atoms with Gasteiger partial charge in [0.2, 0.25) is 0 Å². The van der Waals surface area contributed by atoms with Crippen LogP contribution in [0.25, 0.3) is 10.8 Å². The Kier molecular flexibility index (Phi) is 4.72. The summed E-state index contributed by atoms with van der Waals surface area (Å²) in [6, 6.07) is 14.3. The van der Waals surface area contributed by atoms with Gasteiger partial charge < -0.3 is 14.5 Å². The van der Waals surface area contributed by atoms with Crippen LogP contribution in [0.2, 0.25) is 0 Å². The maximum absolute atomic E-state index is 13.1. The Morgan fingerprint density at radius 3 is 2.77 bits per heavy atom. The van der Waals surface area contributed by atoms with Gasteiger partial charge in [-0.05, 0) is 35.9 Å². The average molecular weight is 352 g/mol. The lowest BCUT2D eigenvalue weighted by molar-refractivity contribution is 0.0716. The number of benzene rings is 2. The van der Waals surface area contributed by atoms with Crippen molar-refractivity contribution in [1.29, 1.82) is 0 Å². The maximum atomic E-state index is 13.1. The number of rotatable bonds is 4. The van der Waals surface area contributed by atoms with Crippen LogP contribution in [0.3, 0.4) is 0 Å². The van der Waals surface area contributed by atoms with Crippen molar-refractivity contribution in [2.75, 3.05) is 46.4 Å². The van der Waals surface area contributed by atoms with Gasteiger partial charge in [0.1, 0.15) is 0 Å². The summed E-state index contributed by atoms with van der Waals surface area (Å²) in [7, 11) is 1.79. The molecule has 4 rings (SSSR count). The minimum Gasteiger partial charge on any atom is -0.384 e. The van der Waals surface area contributed by atoms with Gasteiger partial charge in [-0.15, -0.1) is 0 Å². The van der Waals surface area contributed by atoms with E-state index in [1.54, 1.807) is 7.11 Å². The van der Waals surface area contributed by atoms with Crippen LogP contribution in [-0.2, 0) is 4.74 Å². The number of carbonyl (C=O) groups excluding carboxylic acids is 1. The van der Waals surface area contributed by atoms with Gasteiger partial charge in [-0.3, -0.25) is 4.79 Å². The van der Waals surface area contributed by atoms with Crippen LogP contribution in [-0.4, -0.2) is 62.1 Å². The molecule has 4 heteroatoms. The topological polar surface area (TPSA) is 32.8 Å². The van der Waals surface area contributed by atoms with Crippen molar-refractivity contribution in [2.45, 2.75) is 13.3 Å².